The summed E-state index contributed by atoms with van der Waals surface area (Å²) in [6, 6.07) is 20.1. The summed E-state index contributed by atoms with van der Waals surface area (Å²) in [7, 11) is 0. The van der Waals surface area contributed by atoms with E-state index in [1.165, 1.54) is 0 Å². The lowest BCUT2D eigenvalue weighted by Crippen LogP contribution is -2.47. The maximum atomic E-state index is 6.38. The van der Waals surface area contributed by atoms with Crippen molar-refractivity contribution >= 4 is 39.7 Å². The molecule has 0 atom stereocenters. The minimum atomic E-state index is 0.657. The Kier molecular flexibility index (Phi) is 5.30. The monoisotopic (exact) mass is 430 g/mol. The lowest BCUT2D eigenvalue weighted by atomic mass is 10.0. The molecular formula is C24H23ClN6. The molecule has 5 rings (SSSR count). The molecule has 0 bridgehead atoms. The minimum Gasteiger partial charge on any atom is -0.397 e. The van der Waals surface area contributed by atoms with Crippen LogP contribution in [0.2, 0.25) is 5.02 Å². The topological polar surface area (TPSA) is 71.2 Å². The summed E-state index contributed by atoms with van der Waals surface area (Å²) in [6.07, 6.45) is 2.36. The van der Waals surface area contributed by atoms with Gasteiger partial charge in [0.25, 0.3) is 0 Å². The maximum Gasteiger partial charge on any atom is 0.159 e. The van der Waals surface area contributed by atoms with Gasteiger partial charge in [0.2, 0.25) is 0 Å². The first-order chi connectivity index (χ1) is 15.2. The molecule has 0 amide bonds. The molecule has 156 valence electrons. The number of anilines is 3. The third-order valence-electron chi connectivity index (χ3n) is 5.73. The van der Waals surface area contributed by atoms with Crippen LogP contribution in [0.15, 0.2) is 66.9 Å². The Balaban J connectivity index is 1.40. The summed E-state index contributed by atoms with van der Waals surface area (Å²) in [5.74, 6) is 1.89. The number of aromatic nitrogens is 3. The second-order valence-electron chi connectivity index (χ2n) is 7.71. The summed E-state index contributed by atoms with van der Waals surface area (Å²) in [5.41, 5.74) is 8.44. The van der Waals surface area contributed by atoms with E-state index in [9.17, 15) is 0 Å². The van der Waals surface area contributed by atoms with Crippen molar-refractivity contribution in [1.82, 2.24) is 15.2 Å². The smallest absolute Gasteiger partial charge is 0.159 e. The molecule has 3 heterocycles. The molecule has 1 aliphatic heterocycles. The van der Waals surface area contributed by atoms with Crippen molar-refractivity contribution in [1.29, 1.82) is 0 Å². The fraction of sp³-hybridized carbons (Fsp3) is 0.208. The molecule has 1 fully saturated rings. The van der Waals surface area contributed by atoms with Gasteiger partial charge in [-0.15, -0.1) is 5.10 Å². The van der Waals surface area contributed by atoms with Crippen molar-refractivity contribution < 1.29 is 0 Å². The fourth-order valence-electron chi connectivity index (χ4n) is 4.06. The van der Waals surface area contributed by atoms with Crippen molar-refractivity contribution in [2.45, 2.75) is 6.42 Å². The Hall–Kier alpha value is -3.38. The molecule has 0 saturated carbocycles. The fourth-order valence-corrected chi connectivity index (χ4v) is 4.27. The Morgan fingerprint density at radius 1 is 0.806 bits per heavy atom. The van der Waals surface area contributed by atoms with Gasteiger partial charge in [-0.3, -0.25) is 0 Å². The Bertz CT molecular complexity index is 1200. The summed E-state index contributed by atoms with van der Waals surface area (Å²) < 4.78 is 0. The second-order valence-corrected chi connectivity index (χ2v) is 8.12. The van der Waals surface area contributed by atoms with E-state index < -0.39 is 0 Å². The van der Waals surface area contributed by atoms with E-state index in [1.54, 1.807) is 6.20 Å². The molecular weight excluding hydrogens is 408 g/mol. The van der Waals surface area contributed by atoms with E-state index in [-0.39, 0.29) is 0 Å². The molecule has 1 saturated heterocycles. The number of hydrogen-bond acceptors (Lipinski definition) is 6. The number of hydrogen-bond donors (Lipinski definition) is 1. The third-order valence-corrected chi connectivity index (χ3v) is 6.10. The van der Waals surface area contributed by atoms with Gasteiger partial charge in [-0.25, -0.2) is 4.98 Å². The number of pyridine rings is 1. The predicted octanol–water partition coefficient (Wildman–Crippen LogP) is 4.18. The molecule has 1 aliphatic rings. The van der Waals surface area contributed by atoms with Crippen LogP contribution in [0.25, 0.3) is 10.8 Å². The summed E-state index contributed by atoms with van der Waals surface area (Å²) in [4.78, 5) is 9.03. The van der Waals surface area contributed by atoms with Crippen molar-refractivity contribution in [3.8, 4) is 0 Å². The Labute approximate surface area is 186 Å². The van der Waals surface area contributed by atoms with Gasteiger partial charge in [0.15, 0.2) is 5.82 Å². The van der Waals surface area contributed by atoms with Gasteiger partial charge in [-0.1, -0.05) is 54.1 Å². The quantitative estimate of drug-likeness (QED) is 0.523. The zero-order valence-electron chi connectivity index (χ0n) is 17.1. The first-order valence-corrected chi connectivity index (χ1v) is 10.8. The zero-order chi connectivity index (χ0) is 21.2. The van der Waals surface area contributed by atoms with Crippen LogP contribution >= 0.6 is 11.6 Å². The Morgan fingerprint density at radius 3 is 2.26 bits per heavy atom. The third kappa shape index (κ3) is 3.99. The highest BCUT2D eigenvalue weighted by Gasteiger charge is 2.22. The minimum absolute atomic E-state index is 0.657. The van der Waals surface area contributed by atoms with Gasteiger partial charge in [0.05, 0.1) is 17.6 Å². The van der Waals surface area contributed by atoms with Gasteiger partial charge < -0.3 is 15.5 Å². The van der Waals surface area contributed by atoms with Gasteiger partial charge in [0, 0.05) is 48.4 Å². The molecule has 6 nitrogen and oxygen atoms in total. The molecule has 7 heteroatoms. The van der Waals surface area contributed by atoms with E-state index in [2.05, 4.69) is 49.2 Å². The molecule has 0 radical (unpaired) electrons. The largest absolute Gasteiger partial charge is 0.397 e. The van der Waals surface area contributed by atoms with Gasteiger partial charge in [0.1, 0.15) is 5.82 Å². The molecule has 0 unspecified atom stereocenters. The summed E-state index contributed by atoms with van der Waals surface area (Å²) in [6.45, 7) is 3.45. The first-order valence-electron chi connectivity index (χ1n) is 10.4. The highest BCUT2D eigenvalue weighted by Crippen LogP contribution is 2.29. The van der Waals surface area contributed by atoms with Crippen molar-refractivity contribution in [2.75, 3.05) is 41.7 Å². The molecule has 2 aromatic heterocycles. The lowest BCUT2D eigenvalue weighted by Gasteiger charge is -2.36. The van der Waals surface area contributed by atoms with Gasteiger partial charge >= 0.3 is 0 Å². The number of nitrogen functional groups attached to an aromatic ring is 1. The average Bonchev–Trinajstić information content (AvgIpc) is 2.81. The van der Waals surface area contributed by atoms with Crippen LogP contribution in [-0.2, 0) is 6.42 Å². The lowest BCUT2D eigenvalue weighted by molar-refractivity contribution is 0.639. The van der Waals surface area contributed by atoms with Crippen molar-refractivity contribution in [3.63, 3.8) is 0 Å². The van der Waals surface area contributed by atoms with Crippen LogP contribution in [0.3, 0.4) is 0 Å². The van der Waals surface area contributed by atoms with E-state index in [4.69, 9.17) is 17.3 Å². The van der Waals surface area contributed by atoms with Gasteiger partial charge in [-0.2, -0.15) is 5.10 Å². The van der Waals surface area contributed by atoms with Gasteiger partial charge in [-0.05, 0) is 23.8 Å². The van der Waals surface area contributed by atoms with Crippen LogP contribution in [0.4, 0.5) is 17.3 Å². The molecule has 0 spiro atoms. The summed E-state index contributed by atoms with van der Waals surface area (Å²) >= 11 is 6.38. The number of nitrogens with zero attached hydrogens (tertiary/aromatic N) is 5. The van der Waals surface area contributed by atoms with Crippen LogP contribution in [0, 0.1) is 0 Å². The van der Waals surface area contributed by atoms with E-state index in [0.29, 0.717) is 12.1 Å². The first kappa shape index (κ1) is 19.6. The summed E-state index contributed by atoms with van der Waals surface area (Å²) in [5, 5.41) is 12.3. The molecule has 2 N–H and O–H groups in total. The van der Waals surface area contributed by atoms with Crippen LogP contribution < -0.4 is 15.5 Å². The van der Waals surface area contributed by atoms with Crippen molar-refractivity contribution in [3.05, 3.63) is 83.1 Å². The highest BCUT2D eigenvalue weighted by molar-refractivity contribution is 6.31. The zero-order valence-corrected chi connectivity index (χ0v) is 17.8. The molecule has 4 aromatic rings. The van der Waals surface area contributed by atoms with E-state index in [1.807, 2.05) is 36.4 Å². The van der Waals surface area contributed by atoms with Crippen molar-refractivity contribution in [2.24, 2.45) is 0 Å². The SMILES string of the molecule is Nc1ccc(N2CCN(c3nnc(Cc4ccccc4Cl)c4ccccc34)CC2)nc1. The van der Waals surface area contributed by atoms with Crippen LogP contribution in [0.1, 0.15) is 11.3 Å². The Morgan fingerprint density at radius 2 is 1.52 bits per heavy atom. The average molecular weight is 431 g/mol. The van der Waals surface area contributed by atoms with E-state index in [0.717, 1.165) is 64.9 Å². The highest BCUT2D eigenvalue weighted by atomic mass is 35.5. The number of halogens is 1. The second kappa shape index (κ2) is 8.40. The van der Waals surface area contributed by atoms with Crippen LogP contribution in [-0.4, -0.2) is 41.4 Å². The number of piperazine rings is 1. The normalized spacial score (nSPS) is 14.2. The standard InChI is InChI=1S/C24H23ClN6/c25-21-8-4-1-5-17(21)15-22-19-6-2-3-7-20(19)24(29-28-22)31-13-11-30(12-14-31)23-10-9-18(26)16-27-23/h1-10,16H,11-15,26H2. The maximum absolute atomic E-state index is 6.38. The number of benzene rings is 2. The number of nitrogens with two attached hydrogens (primary N) is 1. The molecule has 2 aromatic carbocycles. The van der Waals surface area contributed by atoms with Crippen LogP contribution in [0.5, 0.6) is 0 Å². The number of fused-ring (bicyclic) bond motifs is 1. The molecule has 0 aliphatic carbocycles. The number of rotatable bonds is 4. The molecule has 31 heavy (non-hydrogen) atoms. The predicted molar refractivity (Wildman–Crippen MR) is 127 cm³/mol. The van der Waals surface area contributed by atoms with E-state index >= 15 is 0 Å².